The molecular weight excluding hydrogens is 256 g/mol. The second-order valence-corrected chi connectivity index (χ2v) is 4.81. The zero-order valence-corrected chi connectivity index (χ0v) is 12.4. The molecule has 0 heterocycles. The third kappa shape index (κ3) is 5.48. The summed E-state index contributed by atoms with van der Waals surface area (Å²) in [6, 6.07) is 5.72. The van der Waals surface area contributed by atoms with E-state index < -0.39 is 0 Å². The monoisotopic (exact) mass is 280 g/mol. The van der Waals surface area contributed by atoms with E-state index in [1.54, 1.807) is 7.11 Å². The quantitative estimate of drug-likeness (QED) is 0.756. The van der Waals surface area contributed by atoms with Crippen molar-refractivity contribution < 1.29 is 14.3 Å². The molecule has 1 unspecified atom stereocenters. The fraction of sp³-hybridized carbons (Fsp3) is 0.533. The van der Waals surface area contributed by atoms with E-state index in [9.17, 15) is 4.79 Å². The first kappa shape index (κ1) is 16.3. The van der Waals surface area contributed by atoms with Crippen molar-refractivity contribution in [2.75, 3.05) is 20.3 Å². The highest BCUT2D eigenvalue weighted by Gasteiger charge is 2.09. The first-order valence-corrected chi connectivity index (χ1v) is 6.88. The fourth-order valence-electron chi connectivity index (χ4n) is 1.79. The summed E-state index contributed by atoms with van der Waals surface area (Å²) in [4.78, 5) is 11.5. The lowest BCUT2D eigenvalue weighted by molar-refractivity contribution is -0.123. The van der Waals surface area contributed by atoms with Gasteiger partial charge in [0.1, 0.15) is 0 Å². The number of carbonyl (C=O) groups is 1. The molecule has 0 bridgehead atoms. The number of hydrogen-bond donors (Lipinski definition) is 2. The maximum atomic E-state index is 11.5. The number of methoxy groups -OCH3 is 1. The molecule has 0 aliphatic carbocycles. The molecule has 20 heavy (non-hydrogen) atoms. The highest BCUT2D eigenvalue weighted by Crippen LogP contribution is 2.28. The predicted octanol–water partition coefficient (Wildman–Crippen LogP) is 1.49. The Hall–Kier alpha value is -1.75. The number of ether oxygens (including phenoxy) is 2. The second kappa shape index (κ2) is 8.43. The zero-order valence-electron chi connectivity index (χ0n) is 12.4. The standard InChI is InChI=1S/C15H24N2O3/c1-4-7-17-15(18)10-20-14-9-12(8-11(2)16)5-6-13(14)19-3/h5-6,9,11H,4,7-8,10,16H2,1-3H3,(H,17,18). The number of rotatable bonds is 8. The highest BCUT2D eigenvalue weighted by atomic mass is 16.5. The highest BCUT2D eigenvalue weighted by molar-refractivity contribution is 5.77. The molecule has 5 nitrogen and oxygen atoms in total. The third-order valence-corrected chi connectivity index (χ3v) is 2.72. The van der Waals surface area contributed by atoms with E-state index in [-0.39, 0.29) is 18.6 Å². The first-order valence-electron chi connectivity index (χ1n) is 6.88. The van der Waals surface area contributed by atoms with Gasteiger partial charge in [-0.3, -0.25) is 4.79 Å². The Balaban J connectivity index is 2.68. The molecule has 0 saturated heterocycles. The van der Waals surface area contributed by atoms with Gasteiger partial charge in [-0.15, -0.1) is 0 Å². The molecule has 1 rings (SSSR count). The lowest BCUT2D eigenvalue weighted by atomic mass is 10.1. The van der Waals surface area contributed by atoms with Crippen LogP contribution in [0, 0.1) is 0 Å². The van der Waals surface area contributed by atoms with Gasteiger partial charge in [0.15, 0.2) is 18.1 Å². The van der Waals surface area contributed by atoms with Gasteiger partial charge in [-0.2, -0.15) is 0 Å². The van der Waals surface area contributed by atoms with Crippen LogP contribution in [0.2, 0.25) is 0 Å². The van der Waals surface area contributed by atoms with Crippen LogP contribution in [0.15, 0.2) is 18.2 Å². The first-order chi connectivity index (χ1) is 9.56. The summed E-state index contributed by atoms with van der Waals surface area (Å²) in [7, 11) is 1.57. The molecule has 0 fully saturated rings. The normalized spacial score (nSPS) is 11.8. The maximum Gasteiger partial charge on any atom is 0.257 e. The van der Waals surface area contributed by atoms with Gasteiger partial charge in [0.25, 0.3) is 5.91 Å². The van der Waals surface area contributed by atoms with Gasteiger partial charge in [0.05, 0.1) is 7.11 Å². The van der Waals surface area contributed by atoms with Gasteiger partial charge >= 0.3 is 0 Å². The van der Waals surface area contributed by atoms with Crippen LogP contribution in [0.3, 0.4) is 0 Å². The van der Waals surface area contributed by atoms with Crippen molar-refractivity contribution in [1.82, 2.24) is 5.32 Å². The second-order valence-electron chi connectivity index (χ2n) is 4.81. The van der Waals surface area contributed by atoms with Crippen LogP contribution < -0.4 is 20.5 Å². The molecular formula is C15H24N2O3. The molecule has 0 spiro atoms. The van der Waals surface area contributed by atoms with Crippen molar-refractivity contribution in [3.8, 4) is 11.5 Å². The SMILES string of the molecule is CCCNC(=O)COc1cc(CC(C)N)ccc1OC. The van der Waals surface area contributed by atoms with Crippen molar-refractivity contribution >= 4 is 5.91 Å². The Morgan fingerprint density at radius 1 is 1.40 bits per heavy atom. The molecule has 0 aliphatic rings. The molecule has 0 aromatic heterocycles. The van der Waals surface area contributed by atoms with E-state index in [1.807, 2.05) is 32.0 Å². The van der Waals surface area contributed by atoms with Crippen molar-refractivity contribution in [3.63, 3.8) is 0 Å². The summed E-state index contributed by atoms with van der Waals surface area (Å²) in [6.07, 6.45) is 1.65. The largest absolute Gasteiger partial charge is 0.493 e. The van der Waals surface area contributed by atoms with Crippen LogP contribution in [-0.2, 0) is 11.2 Å². The van der Waals surface area contributed by atoms with Gasteiger partial charge in [-0.05, 0) is 37.5 Å². The lowest BCUT2D eigenvalue weighted by Crippen LogP contribution is -2.29. The minimum absolute atomic E-state index is 0.0159. The Bertz CT molecular complexity index is 433. The van der Waals surface area contributed by atoms with E-state index in [1.165, 1.54) is 0 Å². The summed E-state index contributed by atoms with van der Waals surface area (Å²) in [6.45, 7) is 4.59. The lowest BCUT2D eigenvalue weighted by Gasteiger charge is -2.13. The number of carbonyl (C=O) groups excluding carboxylic acids is 1. The predicted molar refractivity (Wildman–Crippen MR) is 79.1 cm³/mol. The minimum Gasteiger partial charge on any atom is -0.493 e. The number of benzene rings is 1. The van der Waals surface area contributed by atoms with E-state index in [4.69, 9.17) is 15.2 Å². The molecule has 112 valence electrons. The molecule has 0 radical (unpaired) electrons. The number of nitrogens with one attached hydrogen (secondary N) is 1. The average molecular weight is 280 g/mol. The van der Waals surface area contributed by atoms with Gasteiger partial charge in [0, 0.05) is 12.6 Å². The van der Waals surface area contributed by atoms with E-state index in [2.05, 4.69) is 5.32 Å². The van der Waals surface area contributed by atoms with E-state index in [0.717, 1.165) is 18.4 Å². The molecule has 0 aliphatic heterocycles. The van der Waals surface area contributed by atoms with Crippen molar-refractivity contribution in [2.45, 2.75) is 32.7 Å². The van der Waals surface area contributed by atoms with Crippen molar-refractivity contribution in [2.24, 2.45) is 5.73 Å². The Morgan fingerprint density at radius 3 is 2.75 bits per heavy atom. The zero-order chi connectivity index (χ0) is 15.0. The number of nitrogens with two attached hydrogens (primary N) is 1. The third-order valence-electron chi connectivity index (χ3n) is 2.72. The molecule has 5 heteroatoms. The van der Waals surface area contributed by atoms with Gasteiger partial charge in [-0.25, -0.2) is 0 Å². The topological polar surface area (TPSA) is 73.6 Å². The smallest absolute Gasteiger partial charge is 0.257 e. The van der Waals surface area contributed by atoms with Crippen LogP contribution in [-0.4, -0.2) is 32.2 Å². The summed E-state index contributed by atoms with van der Waals surface area (Å²) >= 11 is 0. The van der Waals surface area contributed by atoms with Gasteiger partial charge in [0.2, 0.25) is 0 Å². The summed E-state index contributed by atoms with van der Waals surface area (Å²) in [5, 5.41) is 2.76. The molecule has 1 aromatic rings. The Labute approximate surface area is 120 Å². The minimum atomic E-state index is -0.133. The van der Waals surface area contributed by atoms with Crippen LogP contribution in [0.5, 0.6) is 11.5 Å². The van der Waals surface area contributed by atoms with E-state index in [0.29, 0.717) is 18.0 Å². The number of amides is 1. The fourth-order valence-corrected chi connectivity index (χ4v) is 1.79. The maximum absolute atomic E-state index is 11.5. The molecule has 3 N–H and O–H groups in total. The molecule has 0 saturated carbocycles. The van der Waals surface area contributed by atoms with Crippen LogP contribution >= 0.6 is 0 Å². The Morgan fingerprint density at radius 2 is 2.15 bits per heavy atom. The number of hydrogen-bond acceptors (Lipinski definition) is 4. The van der Waals surface area contributed by atoms with Crippen LogP contribution in [0.1, 0.15) is 25.8 Å². The van der Waals surface area contributed by atoms with Gasteiger partial charge < -0.3 is 20.5 Å². The summed E-state index contributed by atoms with van der Waals surface area (Å²) in [5.74, 6) is 1.05. The molecule has 1 atom stereocenters. The van der Waals surface area contributed by atoms with Crippen LogP contribution in [0.25, 0.3) is 0 Å². The van der Waals surface area contributed by atoms with Crippen molar-refractivity contribution in [1.29, 1.82) is 0 Å². The summed E-state index contributed by atoms with van der Waals surface area (Å²) in [5.41, 5.74) is 6.85. The van der Waals surface area contributed by atoms with Gasteiger partial charge in [-0.1, -0.05) is 13.0 Å². The molecule has 1 aromatic carbocycles. The Kier molecular flexibility index (Phi) is 6.87. The van der Waals surface area contributed by atoms with Crippen LogP contribution in [0.4, 0.5) is 0 Å². The average Bonchev–Trinajstić information content (AvgIpc) is 2.42. The molecule has 1 amide bonds. The van der Waals surface area contributed by atoms with Crippen molar-refractivity contribution in [3.05, 3.63) is 23.8 Å². The summed E-state index contributed by atoms with van der Waals surface area (Å²) < 4.78 is 10.8. The van der Waals surface area contributed by atoms with E-state index >= 15 is 0 Å².